The third-order valence-corrected chi connectivity index (χ3v) is 1.34. The minimum Gasteiger partial charge on any atom is -0.508 e. The van der Waals surface area contributed by atoms with Crippen LogP contribution in [-0.2, 0) is 0 Å². The quantitative estimate of drug-likeness (QED) is 0.607. The molecule has 2 N–H and O–H groups in total. The Labute approximate surface area is 71.5 Å². The molecule has 0 aliphatic carbocycles. The predicted octanol–water partition coefficient (Wildman–Crippen LogP) is 1.13. The molecule has 1 aromatic rings. The van der Waals surface area contributed by atoms with E-state index in [0.29, 0.717) is 6.42 Å². The monoisotopic (exact) mass is 162 g/mol. The molecular weight excluding hydrogens is 152 g/mol. The summed E-state index contributed by atoms with van der Waals surface area (Å²) < 4.78 is 0. The predicted molar refractivity (Wildman–Crippen MR) is 46.7 cm³/mol. The molecule has 12 heavy (non-hydrogen) atoms. The van der Waals surface area contributed by atoms with Crippen LogP contribution < -0.4 is 0 Å². The van der Waals surface area contributed by atoms with Crippen molar-refractivity contribution in [3.63, 3.8) is 0 Å². The maximum Gasteiger partial charge on any atom is 0.115 e. The molecular formula is C10H10O2. The van der Waals surface area contributed by atoms with Gasteiger partial charge in [-0.15, -0.1) is 0 Å². The molecule has 1 aromatic carbocycles. The van der Waals surface area contributed by atoms with Crippen molar-refractivity contribution in [2.75, 3.05) is 6.61 Å². The van der Waals surface area contributed by atoms with Gasteiger partial charge in [-0.05, 0) is 24.3 Å². The summed E-state index contributed by atoms with van der Waals surface area (Å²) in [5.41, 5.74) is 0.848. The summed E-state index contributed by atoms with van der Waals surface area (Å²) in [6.45, 7) is 0.0884. The number of aliphatic hydroxyl groups is 1. The molecule has 0 heterocycles. The maximum absolute atomic E-state index is 8.94. The molecule has 0 aromatic heterocycles. The van der Waals surface area contributed by atoms with Crippen LogP contribution in [0.2, 0.25) is 0 Å². The first-order valence-electron chi connectivity index (χ1n) is 3.71. The van der Waals surface area contributed by atoms with E-state index >= 15 is 0 Å². The van der Waals surface area contributed by atoms with Gasteiger partial charge >= 0.3 is 0 Å². The van der Waals surface area contributed by atoms with Crippen LogP contribution in [0.15, 0.2) is 24.3 Å². The summed E-state index contributed by atoms with van der Waals surface area (Å²) in [4.78, 5) is 0. The fourth-order valence-corrected chi connectivity index (χ4v) is 0.765. The summed E-state index contributed by atoms with van der Waals surface area (Å²) >= 11 is 0. The van der Waals surface area contributed by atoms with Crippen LogP contribution in [-0.4, -0.2) is 16.8 Å². The van der Waals surface area contributed by atoms with Gasteiger partial charge in [0.25, 0.3) is 0 Å². The second kappa shape index (κ2) is 4.42. The number of phenolic OH excluding ortho intramolecular Hbond substituents is 1. The molecule has 0 bridgehead atoms. The van der Waals surface area contributed by atoms with E-state index in [4.69, 9.17) is 10.2 Å². The Balaban J connectivity index is 2.66. The van der Waals surface area contributed by atoms with Gasteiger partial charge in [-0.25, -0.2) is 0 Å². The molecule has 0 radical (unpaired) electrons. The van der Waals surface area contributed by atoms with Gasteiger partial charge in [0.05, 0.1) is 6.61 Å². The van der Waals surface area contributed by atoms with Crippen LogP contribution in [0.5, 0.6) is 5.75 Å². The number of hydrogen-bond donors (Lipinski definition) is 2. The second-order valence-electron chi connectivity index (χ2n) is 2.32. The highest BCUT2D eigenvalue weighted by molar-refractivity contribution is 5.37. The van der Waals surface area contributed by atoms with Gasteiger partial charge in [0.1, 0.15) is 5.75 Å². The standard InChI is InChI=1S/C10H10O2/c11-8-2-1-3-9-4-6-10(12)7-5-9/h4-7,11-12H,2,8H2. The zero-order valence-electron chi connectivity index (χ0n) is 6.62. The van der Waals surface area contributed by atoms with Crippen LogP contribution in [0.25, 0.3) is 0 Å². The van der Waals surface area contributed by atoms with Gasteiger partial charge in [0.2, 0.25) is 0 Å². The van der Waals surface area contributed by atoms with Crippen LogP contribution in [0.4, 0.5) is 0 Å². The first-order valence-corrected chi connectivity index (χ1v) is 3.71. The fourth-order valence-electron chi connectivity index (χ4n) is 0.765. The number of benzene rings is 1. The van der Waals surface area contributed by atoms with Crippen molar-refractivity contribution in [2.45, 2.75) is 6.42 Å². The van der Waals surface area contributed by atoms with Crippen LogP contribution >= 0.6 is 0 Å². The summed E-state index contributed by atoms with van der Waals surface area (Å²) in [6.07, 6.45) is 0.487. The van der Waals surface area contributed by atoms with Gasteiger partial charge < -0.3 is 10.2 Å². The Kier molecular flexibility index (Phi) is 3.18. The highest BCUT2D eigenvalue weighted by atomic mass is 16.3. The molecule has 2 heteroatoms. The van der Waals surface area contributed by atoms with E-state index in [1.54, 1.807) is 24.3 Å². The van der Waals surface area contributed by atoms with Gasteiger partial charge in [-0.3, -0.25) is 0 Å². The molecule has 0 fully saturated rings. The number of phenols is 1. The van der Waals surface area contributed by atoms with Gasteiger partial charge in [-0.1, -0.05) is 11.8 Å². The van der Waals surface area contributed by atoms with E-state index < -0.39 is 0 Å². The Hall–Kier alpha value is -1.46. The van der Waals surface area contributed by atoms with Crippen molar-refractivity contribution >= 4 is 0 Å². The molecule has 2 nitrogen and oxygen atoms in total. The first-order chi connectivity index (χ1) is 5.83. The molecule has 0 saturated heterocycles. The maximum atomic E-state index is 8.94. The van der Waals surface area contributed by atoms with Crippen LogP contribution in [0.3, 0.4) is 0 Å². The number of aliphatic hydroxyl groups excluding tert-OH is 1. The minimum atomic E-state index is 0.0884. The van der Waals surface area contributed by atoms with E-state index in [0.717, 1.165) is 5.56 Å². The van der Waals surface area contributed by atoms with Crippen molar-refractivity contribution in [3.8, 4) is 17.6 Å². The van der Waals surface area contributed by atoms with Gasteiger partial charge in [-0.2, -0.15) is 0 Å². The lowest BCUT2D eigenvalue weighted by atomic mass is 10.2. The average Bonchev–Trinajstić information content (AvgIpc) is 2.09. The molecule has 0 atom stereocenters. The summed E-state index contributed by atoms with van der Waals surface area (Å²) in [7, 11) is 0. The zero-order valence-corrected chi connectivity index (χ0v) is 6.62. The largest absolute Gasteiger partial charge is 0.508 e. The lowest BCUT2D eigenvalue weighted by Crippen LogP contribution is -1.77. The number of hydrogen-bond acceptors (Lipinski definition) is 2. The SMILES string of the molecule is OCCC#Cc1ccc(O)cc1. The van der Waals surface area contributed by atoms with Crippen LogP contribution in [0, 0.1) is 11.8 Å². The van der Waals surface area contributed by atoms with Gasteiger partial charge in [0.15, 0.2) is 0 Å². The molecule has 0 spiro atoms. The van der Waals surface area contributed by atoms with E-state index in [1.165, 1.54) is 0 Å². The lowest BCUT2D eigenvalue weighted by molar-refractivity contribution is 0.305. The zero-order chi connectivity index (χ0) is 8.81. The average molecular weight is 162 g/mol. The van der Waals surface area contributed by atoms with E-state index in [2.05, 4.69) is 11.8 Å². The topological polar surface area (TPSA) is 40.5 Å². The highest BCUT2D eigenvalue weighted by Crippen LogP contribution is 2.08. The minimum absolute atomic E-state index is 0.0884. The summed E-state index contributed by atoms with van der Waals surface area (Å²) in [6, 6.07) is 6.64. The van der Waals surface area contributed by atoms with E-state index in [9.17, 15) is 0 Å². The highest BCUT2D eigenvalue weighted by Gasteiger charge is 1.86. The Morgan fingerprint density at radius 3 is 2.42 bits per heavy atom. The van der Waals surface area contributed by atoms with E-state index in [1.807, 2.05) is 0 Å². The van der Waals surface area contributed by atoms with E-state index in [-0.39, 0.29) is 12.4 Å². The Bertz CT molecular complexity index is 290. The molecule has 0 aliphatic heterocycles. The molecule has 0 unspecified atom stereocenters. The van der Waals surface area contributed by atoms with Crippen molar-refractivity contribution < 1.29 is 10.2 Å². The molecule has 0 aliphatic rings. The van der Waals surface area contributed by atoms with Crippen molar-refractivity contribution in [1.29, 1.82) is 0 Å². The van der Waals surface area contributed by atoms with Crippen molar-refractivity contribution in [2.24, 2.45) is 0 Å². The molecule has 62 valence electrons. The normalized spacial score (nSPS) is 8.75. The van der Waals surface area contributed by atoms with Gasteiger partial charge in [0, 0.05) is 12.0 Å². The third-order valence-electron chi connectivity index (χ3n) is 1.34. The molecule has 0 saturated carbocycles. The first kappa shape index (κ1) is 8.63. The number of rotatable bonds is 1. The third kappa shape index (κ3) is 2.65. The summed E-state index contributed by atoms with van der Waals surface area (Å²) in [5.74, 6) is 5.88. The Morgan fingerprint density at radius 2 is 1.83 bits per heavy atom. The van der Waals surface area contributed by atoms with Crippen molar-refractivity contribution in [3.05, 3.63) is 29.8 Å². The van der Waals surface area contributed by atoms with Crippen molar-refractivity contribution in [1.82, 2.24) is 0 Å². The van der Waals surface area contributed by atoms with Crippen LogP contribution in [0.1, 0.15) is 12.0 Å². The fraction of sp³-hybridized carbons (Fsp3) is 0.200. The second-order valence-corrected chi connectivity index (χ2v) is 2.32. The lowest BCUT2D eigenvalue weighted by Gasteiger charge is -1.90. The number of aromatic hydroxyl groups is 1. The smallest absolute Gasteiger partial charge is 0.115 e. The Morgan fingerprint density at radius 1 is 1.17 bits per heavy atom. The molecule has 0 amide bonds. The molecule has 1 rings (SSSR count). The summed E-state index contributed by atoms with van der Waals surface area (Å²) in [5, 5.41) is 17.4.